The molecule has 0 aliphatic rings. The van der Waals surface area contributed by atoms with Crippen molar-refractivity contribution in [3.63, 3.8) is 0 Å². The number of imidazole rings is 1. The second kappa shape index (κ2) is 10.8. The molecule has 0 aliphatic carbocycles. The van der Waals surface area contributed by atoms with Crippen molar-refractivity contribution in [3.8, 4) is 11.8 Å². The summed E-state index contributed by atoms with van der Waals surface area (Å²) < 4.78 is 40.4. The lowest BCUT2D eigenvalue weighted by molar-refractivity contribution is -0.187. The number of halogens is 2. The lowest BCUT2D eigenvalue weighted by Crippen LogP contribution is -2.39. The molecule has 3 heterocycles. The molecule has 13 heteroatoms. The first-order valence-corrected chi connectivity index (χ1v) is 11.3. The minimum Gasteiger partial charge on any atom is -0.458 e. The average molecular weight is 512 g/mol. The number of rotatable bonds is 10. The summed E-state index contributed by atoms with van der Waals surface area (Å²) in [6.45, 7) is 5.52. The number of allylic oxidation sites excluding steroid dienone is 5. The first kappa shape index (κ1) is 24.6. The summed E-state index contributed by atoms with van der Waals surface area (Å²) in [4.78, 5) is 20.6. The molecular formula is C23H19F2N7O3S. The van der Waals surface area contributed by atoms with E-state index in [9.17, 15) is 13.6 Å². The molecule has 0 unspecified atom stereocenters. The number of fused-ring (bicyclic) bond motifs is 1. The van der Waals surface area contributed by atoms with E-state index < -0.39 is 12.0 Å². The van der Waals surface area contributed by atoms with E-state index in [2.05, 4.69) is 42.0 Å². The van der Waals surface area contributed by atoms with Crippen molar-refractivity contribution in [2.75, 3.05) is 5.32 Å². The van der Waals surface area contributed by atoms with Crippen molar-refractivity contribution in [2.24, 2.45) is 0 Å². The fraction of sp³-hybridized carbons (Fsp3) is 0.130. The zero-order chi connectivity index (χ0) is 25.5. The molecular weight excluding hydrogens is 492 g/mol. The van der Waals surface area contributed by atoms with Crippen LogP contribution in [0.4, 0.5) is 13.9 Å². The van der Waals surface area contributed by atoms with Gasteiger partial charge in [0, 0.05) is 5.38 Å². The Kier molecular flexibility index (Phi) is 7.39. The van der Waals surface area contributed by atoms with Gasteiger partial charge in [0.2, 0.25) is 5.65 Å². The monoisotopic (exact) mass is 511 g/mol. The van der Waals surface area contributed by atoms with Gasteiger partial charge in [-0.15, -0.1) is 21.5 Å². The number of hydrogen-bond acceptors (Lipinski definition) is 9. The highest BCUT2D eigenvalue weighted by Crippen LogP contribution is 2.27. The van der Waals surface area contributed by atoms with Gasteiger partial charge in [0.1, 0.15) is 17.9 Å². The topological polar surface area (TPSA) is 117 Å². The van der Waals surface area contributed by atoms with Crippen molar-refractivity contribution in [1.82, 2.24) is 29.9 Å². The Hall–Kier alpha value is -4.52. The lowest BCUT2D eigenvalue weighted by atomic mass is 10.3. The fourth-order valence-electron chi connectivity index (χ4n) is 3.00. The predicted octanol–water partition coefficient (Wildman–Crippen LogP) is 4.47. The number of hydrogen-bond donors (Lipinski definition) is 1. The molecule has 36 heavy (non-hydrogen) atoms. The number of anilines is 1. The Morgan fingerprint density at radius 3 is 2.83 bits per heavy atom. The molecule has 0 atom stereocenters. The summed E-state index contributed by atoms with van der Waals surface area (Å²) in [5, 5.41) is 14.9. The van der Waals surface area contributed by atoms with Crippen molar-refractivity contribution in [3.05, 3.63) is 78.5 Å². The van der Waals surface area contributed by atoms with E-state index in [4.69, 9.17) is 4.74 Å². The van der Waals surface area contributed by atoms with Gasteiger partial charge in [0.15, 0.2) is 5.13 Å². The largest absolute Gasteiger partial charge is 0.482 e. The minimum absolute atomic E-state index is 0.0420. The second-order valence-electron chi connectivity index (χ2n) is 7.02. The van der Waals surface area contributed by atoms with Gasteiger partial charge < -0.3 is 9.47 Å². The fourth-order valence-corrected chi connectivity index (χ4v) is 3.69. The van der Waals surface area contributed by atoms with E-state index in [1.807, 2.05) is 19.1 Å². The van der Waals surface area contributed by atoms with E-state index in [0.29, 0.717) is 22.6 Å². The SMILES string of the molecule is C=C/C=C(\C=C/C)n1c(OCc2csc(NC(=O)C(F)(F)Oc3ccccc3)n2)nc2nnncc21. The quantitative estimate of drug-likeness (QED) is 0.310. The summed E-state index contributed by atoms with van der Waals surface area (Å²) in [5.41, 5.74) is 1.93. The van der Waals surface area contributed by atoms with Gasteiger partial charge in [-0.25, -0.2) is 4.98 Å². The van der Waals surface area contributed by atoms with Crippen molar-refractivity contribution in [2.45, 2.75) is 19.6 Å². The highest BCUT2D eigenvalue weighted by Gasteiger charge is 2.42. The van der Waals surface area contributed by atoms with Crippen molar-refractivity contribution < 1.29 is 23.0 Å². The zero-order valence-electron chi connectivity index (χ0n) is 18.8. The van der Waals surface area contributed by atoms with Gasteiger partial charge >= 0.3 is 18.0 Å². The average Bonchev–Trinajstić information content (AvgIpc) is 3.47. The number of amides is 1. The molecule has 4 rings (SSSR count). The van der Waals surface area contributed by atoms with Gasteiger partial charge in [-0.05, 0) is 36.4 Å². The second-order valence-corrected chi connectivity index (χ2v) is 7.88. The van der Waals surface area contributed by atoms with E-state index in [1.165, 1.54) is 30.5 Å². The number of benzene rings is 1. The first-order valence-electron chi connectivity index (χ1n) is 10.4. The number of para-hydroxylation sites is 1. The van der Waals surface area contributed by atoms with Crippen LogP contribution in [-0.2, 0) is 11.4 Å². The standard InChI is InChI=1S/C23H19F2N7O3S/c1-3-8-16(9-4-2)32-18-12-26-31-30-19(18)28-22(32)34-13-15-14-36-21(27-15)29-20(33)23(24,25)35-17-10-6-5-7-11-17/h3-12,14H,1,13H2,2H3,(H,27,29,33)/b9-4-,16-8+. The molecule has 184 valence electrons. The van der Waals surface area contributed by atoms with Crippen LogP contribution < -0.4 is 14.8 Å². The van der Waals surface area contributed by atoms with E-state index in [0.717, 1.165) is 11.3 Å². The highest BCUT2D eigenvalue weighted by atomic mass is 32.1. The number of aromatic nitrogens is 6. The molecule has 0 aliphatic heterocycles. The Labute approximate surface area is 207 Å². The molecule has 1 amide bonds. The molecule has 1 N–H and O–H groups in total. The number of carbonyl (C=O) groups excluding carboxylic acids is 1. The van der Waals surface area contributed by atoms with Crippen LogP contribution in [0.3, 0.4) is 0 Å². The normalized spacial score (nSPS) is 12.1. The summed E-state index contributed by atoms with van der Waals surface area (Å²) in [6.07, 6.45) is 4.42. The summed E-state index contributed by atoms with van der Waals surface area (Å²) in [6, 6.07) is 7.49. The van der Waals surface area contributed by atoms with E-state index in [1.54, 1.807) is 28.2 Å². The molecule has 0 spiro atoms. The first-order chi connectivity index (χ1) is 17.4. The van der Waals surface area contributed by atoms with Gasteiger partial charge in [0.05, 0.1) is 17.6 Å². The summed E-state index contributed by atoms with van der Waals surface area (Å²) >= 11 is 0.960. The number of thiazole rings is 1. The Bertz CT molecular complexity index is 1430. The molecule has 0 bridgehead atoms. The summed E-state index contributed by atoms with van der Waals surface area (Å²) in [7, 11) is 0. The molecule has 0 saturated heterocycles. The van der Waals surface area contributed by atoms with Crippen LogP contribution >= 0.6 is 11.3 Å². The van der Waals surface area contributed by atoms with Crippen LogP contribution in [0, 0.1) is 0 Å². The van der Waals surface area contributed by atoms with Crippen molar-refractivity contribution in [1.29, 1.82) is 0 Å². The molecule has 0 radical (unpaired) electrons. The Balaban J connectivity index is 1.48. The molecule has 0 fully saturated rings. The van der Waals surface area contributed by atoms with Crippen LogP contribution in [0.2, 0.25) is 0 Å². The third kappa shape index (κ3) is 5.58. The molecule has 1 aromatic carbocycles. The summed E-state index contributed by atoms with van der Waals surface area (Å²) in [5.74, 6) is -1.79. The maximum atomic E-state index is 14.2. The third-order valence-corrected chi connectivity index (χ3v) is 5.30. The van der Waals surface area contributed by atoms with Crippen LogP contribution in [0.1, 0.15) is 12.6 Å². The molecule has 4 aromatic rings. The van der Waals surface area contributed by atoms with Crippen molar-refractivity contribution >= 4 is 39.2 Å². The van der Waals surface area contributed by atoms with Crippen LogP contribution in [0.5, 0.6) is 11.8 Å². The van der Waals surface area contributed by atoms with Crippen LogP contribution in [0.25, 0.3) is 16.9 Å². The maximum Gasteiger partial charge on any atom is 0.482 e. The van der Waals surface area contributed by atoms with Gasteiger partial charge in [-0.3, -0.25) is 14.7 Å². The third-order valence-electron chi connectivity index (χ3n) is 4.49. The number of alkyl halides is 2. The minimum atomic E-state index is -4.09. The lowest BCUT2D eigenvalue weighted by Gasteiger charge is -2.16. The number of nitrogens with one attached hydrogen (secondary N) is 1. The smallest absolute Gasteiger partial charge is 0.458 e. The van der Waals surface area contributed by atoms with Crippen LogP contribution in [-0.4, -0.2) is 42.0 Å². The Morgan fingerprint density at radius 2 is 2.08 bits per heavy atom. The van der Waals surface area contributed by atoms with Gasteiger partial charge in [-0.2, -0.15) is 13.8 Å². The van der Waals surface area contributed by atoms with Gasteiger partial charge in [0.25, 0.3) is 0 Å². The number of carbonyl (C=O) groups is 1. The molecule has 3 aromatic heterocycles. The van der Waals surface area contributed by atoms with Crippen LogP contribution in [0.15, 0.2) is 72.8 Å². The highest BCUT2D eigenvalue weighted by molar-refractivity contribution is 7.13. The van der Waals surface area contributed by atoms with Gasteiger partial charge in [-0.1, -0.05) is 36.9 Å². The predicted molar refractivity (Wildman–Crippen MR) is 129 cm³/mol. The van der Waals surface area contributed by atoms with E-state index >= 15 is 0 Å². The molecule has 10 nitrogen and oxygen atoms in total. The number of ether oxygens (including phenoxy) is 2. The van der Waals surface area contributed by atoms with E-state index in [-0.39, 0.29) is 23.5 Å². The number of nitrogens with zero attached hydrogens (tertiary/aromatic N) is 6. The molecule has 0 saturated carbocycles. The Morgan fingerprint density at radius 1 is 1.28 bits per heavy atom. The maximum absolute atomic E-state index is 14.2. The zero-order valence-corrected chi connectivity index (χ0v) is 19.7.